The summed E-state index contributed by atoms with van der Waals surface area (Å²) in [5.41, 5.74) is 29.2. The Morgan fingerprint density at radius 2 is 0.604 bits per heavy atom. The fourth-order valence-corrected chi connectivity index (χ4v) is 17.7. The van der Waals surface area contributed by atoms with Crippen molar-refractivity contribution < 1.29 is 4.74 Å². The predicted octanol–water partition coefficient (Wildman–Crippen LogP) is 22.3. The quantitative estimate of drug-likeness (QED) is 0.165. The summed E-state index contributed by atoms with van der Waals surface area (Å²) in [6, 6.07) is 125. The van der Waals surface area contributed by atoms with Crippen molar-refractivity contribution >= 4 is 38.6 Å². The van der Waals surface area contributed by atoms with Gasteiger partial charge in [-0.05, 0) is 158 Å². The smallest absolute Gasteiger partial charge is 0.140 e. The highest BCUT2D eigenvalue weighted by atomic mass is 16.5. The van der Waals surface area contributed by atoms with E-state index in [1.54, 1.807) is 0 Å². The Morgan fingerprint density at radius 3 is 1.18 bits per heavy atom. The first-order chi connectivity index (χ1) is 45.1. The zero-order chi connectivity index (χ0) is 59.6. The van der Waals surface area contributed by atoms with E-state index in [4.69, 9.17) is 4.74 Å². The molecule has 20 rings (SSSR count). The molecule has 2 heteroatoms. The molecule has 1 aliphatic heterocycles. The minimum absolute atomic E-state index is 0.460. The van der Waals surface area contributed by atoms with Crippen LogP contribution < -0.4 is 9.64 Å². The van der Waals surface area contributed by atoms with E-state index in [-0.39, 0.29) is 0 Å². The SMILES string of the molecule is c1ccc(C2(c3ccccc3)c3ccccc3-c3ccc(N(c4ccc(-c5cccc6c5-c5ccccc5C65c6ccc7ccccc7c6Oc6c5ccc5ccccc65)cc4)c4ccc5c(c4)-c4ccccc4C54c5ccccc5-c5ccccc54)cc32)cc1. The molecule has 0 saturated heterocycles. The summed E-state index contributed by atoms with van der Waals surface area (Å²) >= 11 is 0. The topological polar surface area (TPSA) is 12.5 Å². The Labute approximate surface area is 528 Å². The molecule has 5 aliphatic rings. The van der Waals surface area contributed by atoms with Crippen LogP contribution in [-0.2, 0) is 16.2 Å². The maximum Gasteiger partial charge on any atom is 0.140 e. The number of ether oxygens (including phenoxy) is 1. The molecular formula is C89H55NO. The minimum atomic E-state index is -0.662. The van der Waals surface area contributed by atoms with Crippen LogP contribution in [-0.4, -0.2) is 0 Å². The standard InChI is InChI=1S/C89H55NO/c1-3-24-59(25-4-1)87(60-26-5-2-6-27-60)74-36-16-11-32-69(74)71-50-48-63(55-83(71)87)90(62-49-53-79-73(54-62)70-33-14-19-39-77(70)88(79)75-37-17-12-30-67(75)68-31-13-18-38-76(68)88)61-46-42-58(43-47-61)64-35-21-41-80-84(64)72-34-15-20-40-78(72)89(80)81-51-44-56-22-7-9-28-65(56)85(81)91-86-66-29-10-8-23-57(66)45-52-82(86)89/h1-55H. The van der Waals surface area contributed by atoms with Gasteiger partial charge in [0.05, 0.1) is 16.2 Å². The maximum atomic E-state index is 7.33. The van der Waals surface area contributed by atoms with Crippen molar-refractivity contribution in [1.82, 2.24) is 0 Å². The lowest BCUT2D eigenvalue weighted by atomic mass is 9.65. The summed E-state index contributed by atoms with van der Waals surface area (Å²) in [7, 11) is 0. The molecule has 0 N–H and O–H groups in total. The summed E-state index contributed by atoms with van der Waals surface area (Å²) < 4.78 is 7.33. The first kappa shape index (κ1) is 50.4. The van der Waals surface area contributed by atoms with Crippen LogP contribution in [0.15, 0.2) is 334 Å². The molecule has 15 aromatic rings. The Kier molecular flexibility index (Phi) is 10.4. The Hall–Kier alpha value is -11.6. The Bertz CT molecular complexity index is 5410. The van der Waals surface area contributed by atoms with Crippen molar-refractivity contribution in [2.75, 3.05) is 4.90 Å². The van der Waals surface area contributed by atoms with E-state index in [0.29, 0.717) is 0 Å². The molecule has 422 valence electrons. The molecule has 0 fully saturated rings. The van der Waals surface area contributed by atoms with Crippen molar-refractivity contribution in [1.29, 1.82) is 0 Å². The third-order valence-electron chi connectivity index (χ3n) is 21.2. The van der Waals surface area contributed by atoms with Crippen LogP contribution in [0.5, 0.6) is 11.5 Å². The molecule has 0 atom stereocenters. The molecule has 0 bridgehead atoms. The predicted molar refractivity (Wildman–Crippen MR) is 373 cm³/mol. The van der Waals surface area contributed by atoms with Gasteiger partial charge in [0.1, 0.15) is 11.5 Å². The monoisotopic (exact) mass is 1150 g/mol. The van der Waals surface area contributed by atoms with Gasteiger partial charge in [-0.3, -0.25) is 0 Å². The molecule has 1 heterocycles. The van der Waals surface area contributed by atoms with Crippen molar-refractivity contribution in [3.8, 4) is 67.1 Å². The number of benzene rings is 15. The highest BCUT2D eigenvalue weighted by Gasteiger charge is 2.54. The maximum absolute atomic E-state index is 7.33. The second-order valence-electron chi connectivity index (χ2n) is 25.2. The van der Waals surface area contributed by atoms with Crippen molar-refractivity contribution in [3.05, 3.63) is 400 Å². The van der Waals surface area contributed by atoms with E-state index in [1.165, 1.54) is 106 Å². The lowest BCUT2D eigenvalue weighted by Gasteiger charge is -2.40. The van der Waals surface area contributed by atoms with Crippen LogP contribution in [0, 0.1) is 0 Å². The zero-order valence-electron chi connectivity index (χ0n) is 49.6. The molecule has 15 aromatic carbocycles. The third-order valence-corrected chi connectivity index (χ3v) is 21.2. The Balaban J connectivity index is 0.807. The summed E-state index contributed by atoms with van der Waals surface area (Å²) in [6.45, 7) is 0. The second kappa shape index (κ2) is 18.7. The molecule has 91 heavy (non-hydrogen) atoms. The molecule has 0 saturated carbocycles. The van der Waals surface area contributed by atoms with Crippen LogP contribution in [0.1, 0.15) is 66.8 Å². The average Bonchev–Trinajstić information content (AvgIpc) is 1.58. The lowest BCUT2D eigenvalue weighted by Crippen LogP contribution is -2.32. The minimum Gasteiger partial charge on any atom is -0.455 e. The first-order valence-corrected chi connectivity index (χ1v) is 31.8. The molecule has 2 nitrogen and oxygen atoms in total. The van der Waals surface area contributed by atoms with Gasteiger partial charge >= 0.3 is 0 Å². The van der Waals surface area contributed by atoms with Gasteiger partial charge in [0.25, 0.3) is 0 Å². The molecular weight excluding hydrogens is 1100 g/mol. The number of nitrogens with zero attached hydrogens (tertiary/aromatic N) is 1. The number of rotatable bonds is 6. The Morgan fingerprint density at radius 1 is 0.220 bits per heavy atom. The van der Waals surface area contributed by atoms with Crippen molar-refractivity contribution in [2.24, 2.45) is 0 Å². The summed E-state index contributed by atoms with van der Waals surface area (Å²) in [5.74, 6) is 1.84. The molecule has 2 spiro atoms. The van der Waals surface area contributed by atoms with Gasteiger partial charge in [-0.25, -0.2) is 0 Å². The molecule has 0 aromatic heterocycles. The first-order valence-electron chi connectivity index (χ1n) is 31.8. The number of hydrogen-bond donors (Lipinski definition) is 0. The van der Waals surface area contributed by atoms with Crippen LogP contribution in [0.2, 0.25) is 0 Å². The third kappa shape index (κ3) is 6.50. The fourth-order valence-electron chi connectivity index (χ4n) is 17.7. The molecule has 0 radical (unpaired) electrons. The summed E-state index contributed by atoms with van der Waals surface area (Å²) in [5, 5.41) is 4.54. The van der Waals surface area contributed by atoms with Gasteiger partial charge in [-0.15, -0.1) is 0 Å². The van der Waals surface area contributed by atoms with Crippen LogP contribution in [0.4, 0.5) is 17.1 Å². The molecule has 0 amide bonds. The lowest BCUT2D eigenvalue weighted by molar-refractivity contribution is 0.447. The van der Waals surface area contributed by atoms with Gasteiger partial charge in [0.2, 0.25) is 0 Å². The van der Waals surface area contributed by atoms with Crippen LogP contribution in [0.3, 0.4) is 0 Å². The fraction of sp³-hybridized carbons (Fsp3) is 0.0337. The van der Waals surface area contributed by atoms with Gasteiger partial charge in [-0.2, -0.15) is 0 Å². The summed E-state index contributed by atoms with van der Waals surface area (Å²) in [4.78, 5) is 2.52. The molecule has 4 aliphatic carbocycles. The average molecular weight is 1150 g/mol. The van der Waals surface area contributed by atoms with Gasteiger partial charge in [-0.1, -0.05) is 297 Å². The summed E-state index contributed by atoms with van der Waals surface area (Å²) in [6.07, 6.45) is 0. The van der Waals surface area contributed by atoms with E-state index in [1.807, 2.05) is 0 Å². The van der Waals surface area contributed by atoms with Gasteiger partial charge in [0, 0.05) is 39.0 Å². The van der Waals surface area contributed by atoms with E-state index in [2.05, 4.69) is 339 Å². The van der Waals surface area contributed by atoms with E-state index >= 15 is 0 Å². The van der Waals surface area contributed by atoms with E-state index < -0.39 is 16.2 Å². The van der Waals surface area contributed by atoms with Crippen molar-refractivity contribution in [2.45, 2.75) is 16.2 Å². The van der Waals surface area contributed by atoms with Crippen molar-refractivity contribution in [3.63, 3.8) is 0 Å². The normalized spacial score (nSPS) is 14.5. The van der Waals surface area contributed by atoms with Crippen LogP contribution >= 0.6 is 0 Å². The van der Waals surface area contributed by atoms with E-state index in [9.17, 15) is 0 Å². The second-order valence-corrected chi connectivity index (χ2v) is 25.2. The number of hydrogen-bond acceptors (Lipinski definition) is 2. The van der Waals surface area contributed by atoms with Gasteiger partial charge in [0.15, 0.2) is 0 Å². The zero-order valence-corrected chi connectivity index (χ0v) is 49.6. The highest BCUT2D eigenvalue weighted by molar-refractivity contribution is 6.03. The number of anilines is 3. The van der Waals surface area contributed by atoms with Gasteiger partial charge < -0.3 is 9.64 Å². The van der Waals surface area contributed by atoms with E-state index in [0.717, 1.165) is 66.8 Å². The number of fused-ring (bicyclic) bond motifs is 26. The largest absolute Gasteiger partial charge is 0.455 e. The van der Waals surface area contributed by atoms with Crippen LogP contribution in [0.25, 0.3) is 77.2 Å². The molecule has 0 unspecified atom stereocenters. The highest BCUT2D eigenvalue weighted by Crippen LogP contribution is 2.67.